The molecule has 1 saturated heterocycles. The van der Waals surface area contributed by atoms with Crippen LogP contribution in [0.4, 0.5) is 5.69 Å². The number of para-hydroxylation sites is 3. The van der Waals surface area contributed by atoms with Crippen molar-refractivity contribution >= 4 is 11.6 Å². The second-order valence-electron chi connectivity index (χ2n) is 5.89. The first-order valence-corrected chi connectivity index (χ1v) is 8.10. The van der Waals surface area contributed by atoms with Gasteiger partial charge in [0, 0.05) is 6.04 Å². The summed E-state index contributed by atoms with van der Waals surface area (Å²) in [6.07, 6.45) is 1.95. The van der Waals surface area contributed by atoms with E-state index in [0.717, 1.165) is 25.1 Å². The van der Waals surface area contributed by atoms with E-state index in [2.05, 4.69) is 17.6 Å². The normalized spacial score (nSPS) is 20.7. The number of amides is 1. The molecule has 2 atom stereocenters. The molecule has 1 aliphatic heterocycles. The zero-order chi connectivity index (χ0) is 16.1. The van der Waals surface area contributed by atoms with Crippen LogP contribution in [0.1, 0.15) is 19.8 Å². The Hall–Kier alpha value is -2.33. The number of piperidine rings is 1. The number of nitrogens with one attached hydrogen (secondary N) is 2. The number of rotatable bonds is 4. The van der Waals surface area contributed by atoms with Crippen LogP contribution in [0.2, 0.25) is 0 Å². The molecule has 1 fully saturated rings. The van der Waals surface area contributed by atoms with E-state index in [1.165, 1.54) is 0 Å². The Labute approximate surface area is 136 Å². The van der Waals surface area contributed by atoms with Gasteiger partial charge in [-0.05, 0) is 50.6 Å². The number of carbonyl (C=O) groups excluding carboxylic acids is 1. The van der Waals surface area contributed by atoms with Crippen LogP contribution < -0.4 is 15.4 Å². The fourth-order valence-corrected chi connectivity index (χ4v) is 2.90. The molecule has 2 N–H and O–H groups in total. The maximum atomic E-state index is 12.6. The third-order valence-corrected chi connectivity index (χ3v) is 4.21. The molecule has 0 aliphatic carbocycles. The lowest BCUT2D eigenvalue weighted by Crippen LogP contribution is -2.44. The zero-order valence-corrected chi connectivity index (χ0v) is 13.3. The fraction of sp³-hybridized carbons (Fsp3) is 0.316. The van der Waals surface area contributed by atoms with E-state index in [-0.39, 0.29) is 17.9 Å². The van der Waals surface area contributed by atoms with Crippen LogP contribution in [0.25, 0.3) is 0 Å². The Morgan fingerprint density at radius 2 is 1.87 bits per heavy atom. The summed E-state index contributed by atoms with van der Waals surface area (Å²) in [5, 5.41) is 6.39. The maximum Gasteiger partial charge on any atom is 0.229 e. The lowest BCUT2D eigenvalue weighted by Gasteiger charge is -2.29. The Bertz CT molecular complexity index is 657. The van der Waals surface area contributed by atoms with E-state index in [4.69, 9.17) is 4.74 Å². The number of carbonyl (C=O) groups is 1. The Morgan fingerprint density at radius 1 is 1.13 bits per heavy atom. The van der Waals surface area contributed by atoms with E-state index in [0.29, 0.717) is 11.4 Å². The average Bonchev–Trinajstić information content (AvgIpc) is 2.58. The van der Waals surface area contributed by atoms with E-state index >= 15 is 0 Å². The Kier molecular flexibility index (Phi) is 4.93. The van der Waals surface area contributed by atoms with Gasteiger partial charge in [-0.3, -0.25) is 4.79 Å². The van der Waals surface area contributed by atoms with Gasteiger partial charge in [0.1, 0.15) is 5.75 Å². The largest absolute Gasteiger partial charge is 0.455 e. The van der Waals surface area contributed by atoms with Gasteiger partial charge in [-0.25, -0.2) is 0 Å². The SMILES string of the molecule is CC1NCCCC1C(=O)Nc1ccccc1Oc1ccccc1. The molecule has 1 aliphatic rings. The van der Waals surface area contributed by atoms with E-state index in [9.17, 15) is 4.79 Å². The van der Waals surface area contributed by atoms with Gasteiger partial charge in [-0.15, -0.1) is 0 Å². The van der Waals surface area contributed by atoms with Crippen molar-refractivity contribution in [2.24, 2.45) is 5.92 Å². The Morgan fingerprint density at radius 3 is 2.65 bits per heavy atom. The van der Waals surface area contributed by atoms with Gasteiger partial charge in [0.2, 0.25) is 5.91 Å². The topological polar surface area (TPSA) is 50.4 Å². The molecule has 0 radical (unpaired) electrons. The highest BCUT2D eigenvalue weighted by atomic mass is 16.5. The van der Waals surface area contributed by atoms with Crippen molar-refractivity contribution in [2.45, 2.75) is 25.8 Å². The standard InChI is InChI=1S/C19H22N2O2/c1-14-16(10-7-13-20-14)19(22)21-17-11-5-6-12-18(17)23-15-8-3-2-4-9-15/h2-6,8-9,11-12,14,16,20H,7,10,13H2,1H3,(H,21,22). The highest BCUT2D eigenvalue weighted by molar-refractivity contribution is 5.94. The molecule has 2 aromatic carbocycles. The van der Waals surface area contributed by atoms with Gasteiger partial charge >= 0.3 is 0 Å². The average molecular weight is 310 g/mol. The molecule has 2 aromatic rings. The highest BCUT2D eigenvalue weighted by Crippen LogP contribution is 2.30. The summed E-state index contributed by atoms with van der Waals surface area (Å²) >= 11 is 0. The summed E-state index contributed by atoms with van der Waals surface area (Å²) in [4.78, 5) is 12.6. The number of anilines is 1. The van der Waals surface area contributed by atoms with Gasteiger partial charge in [0.15, 0.2) is 5.75 Å². The lowest BCUT2D eigenvalue weighted by atomic mass is 9.91. The molecular formula is C19H22N2O2. The van der Waals surface area contributed by atoms with Crippen molar-refractivity contribution in [1.82, 2.24) is 5.32 Å². The molecule has 0 spiro atoms. The van der Waals surface area contributed by atoms with Gasteiger partial charge in [-0.1, -0.05) is 30.3 Å². The summed E-state index contributed by atoms with van der Waals surface area (Å²) in [7, 11) is 0. The van der Waals surface area contributed by atoms with Crippen molar-refractivity contribution in [2.75, 3.05) is 11.9 Å². The number of hydrogen-bond donors (Lipinski definition) is 2. The molecule has 0 bridgehead atoms. The summed E-state index contributed by atoms with van der Waals surface area (Å²) in [5.41, 5.74) is 0.708. The molecule has 2 unspecified atom stereocenters. The second-order valence-corrected chi connectivity index (χ2v) is 5.89. The number of benzene rings is 2. The van der Waals surface area contributed by atoms with Crippen molar-refractivity contribution < 1.29 is 9.53 Å². The zero-order valence-electron chi connectivity index (χ0n) is 13.3. The van der Waals surface area contributed by atoms with Crippen LogP contribution >= 0.6 is 0 Å². The molecule has 120 valence electrons. The predicted octanol–water partition coefficient (Wildman–Crippen LogP) is 3.81. The summed E-state index contributed by atoms with van der Waals surface area (Å²) in [6, 6.07) is 17.3. The fourth-order valence-electron chi connectivity index (χ4n) is 2.90. The molecule has 23 heavy (non-hydrogen) atoms. The third kappa shape index (κ3) is 3.90. The van der Waals surface area contributed by atoms with E-state index < -0.39 is 0 Å². The van der Waals surface area contributed by atoms with E-state index in [1.54, 1.807) is 0 Å². The highest BCUT2D eigenvalue weighted by Gasteiger charge is 2.27. The van der Waals surface area contributed by atoms with Crippen molar-refractivity contribution in [3.63, 3.8) is 0 Å². The van der Waals surface area contributed by atoms with Gasteiger partial charge in [0.25, 0.3) is 0 Å². The molecule has 4 nitrogen and oxygen atoms in total. The van der Waals surface area contributed by atoms with Crippen LogP contribution in [0.5, 0.6) is 11.5 Å². The van der Waals surface area contributed by atoms with Gasteiger partial charge in [-0.2, -0.15) is 0 Å². The van der Waals surface area contributed by atoms with Gasteiger partial charge in [0.05, 0.1) is 11.6 Å². The van der Waals surface area contributed by atoms with Crippen molar-refractivity contribution in [3.05, 3.63) is 54.6 Å². The Balaban J connectivity index is 1.74. The van der Waals surface area contributed by atoms with Crippen molar-refractivity contribution in [1.29, 1.82) is 0 Å². The first-order valence-electron chi connectivity index (χ1n) is 8.10. The smallest absolute Gasteiger partial charge is 0.229 e. The van der Waals surface area contributed by atoms with Crippen LogP contribution in [0.3, 0.4) is 0 Å². The maximum absolute atomic E-state index is 12.6. The van der Waals surface area contributed by atoms with Crippen LogP contribution in [-0.2, 0) is 4.79 Å². The second kappa shape index (κ2) is 7.29. The third-order valence-electron chi connectivity index (χ3n) is 4.21. The summed E-state index contributed by atoms with van der Waals surface area (Å²) < 4.78 is 5.89. The summed E-state index contributed by atoms with van der Waals surface area (Å²) in [5.74, 6) is 1.45. The van der Waals surface area contributed by atoms with Crippen LogP contribution in [0.15, 0.2) is 54.6 Å². The number of hydrogen-bond acceptors (Lipinski definition) is 3. The first kappa shape index (κ1) is 15.6. The molecule has 1 heterocycles. The van der Waals surface area contributed by atoms with Crippen LogP contribution in [-0.4, -0.2) is 18.5 Å². The summed E-state index contributed by atoms with van der Waals surface area (Å²) in [6.45, 7) is 3.05. The first-order chi connectivity index (χ1) is 11.2. The quantitative estimate of drug-likeness (QED) is 0.903. The minimum absolute atomic E-state index is 0.00599. The lowest BCUT2D eigenvalue weighted by molar-refractivity contribution is -0.121. The molecule has 0 aromatic heterocycles. The van der Waals surface area contributed by atoms with Crippen molar-refractivity contribution in [3.8, 4) is 11.5 Å². The van der Waals surface area contributed by atoms with Crippen LogP contribution in [0, 0.1) is 5.92 Å². The van der Waals surface area contributed by atoms with E-state index in [1.807, 2.05) is 54.6 Å². The minimum Gasteiger partial charge on any atom is -0.455 e. The molecule has 4 heteroatoms. The number of ether oxygens (including phenoxy) is 1. The molecule has 1 amide bonds. The van der Waals surface area contributed by atoms with Gasteiger partial charge < -0.3 is 15.4 Å². The molecule has 0 saturated carbocycles. The molecule has 3 rings (SSSR count). The molecular weight excluding hydrogens is 288 g/mol. The predicted molar refractivity (Wildman–Crippen MR) is 91.8 cm³/mol. The monoisotopic (exact) mass is 310 g/mol. The minimum atomic E-state index is -0.00599.